The molecule has 3 atom stereocenters. The van der Waals surface area contributed by atoms with Gasteiger partial charge in [0.15, 0.2) is 5.90 Å². The minimum absolute atomic E-state index is 0.226. The second kappa shape index (κ2) is 5.40. The summed E-state index contributed by atoms with van der Waals surface area (Å²) in [6.45, 7) is 3.16. The lowest BCUT2D eigenvalue weighted by molar-refractivity contribution is 0.311. The average Bonchev–Trinajstić information content (AvgIpc) is 3.02. The first-order valence-electron chi connectivity index (χ1n) is 6.77. The van der Waals surface area contributed by atoms with E-state index >= 15 is 0 Å². The van der Waals surface area contributed by atoms with Crippen LogP contribution in [0.15, 0.2) is 35.3 Å². The fraction of sp³-hybridized carbons (Fsp3) is 0.533. The van der Waals surface area contributed by atoms with Gasteiger partial charge >= 0.3 is 0 Å². The van der Waals surface area contributed by atoms with E-state index in [0.29, 0.717) is 0 Å². The van der Waals surface area contributed by atoms with Gasteiger partial charge < -0.3 is 4.74 Å². The van der Waals surface area contributed by atoms with E-state index in [1.807, 2.05) is 6.07 Å². The highest BCUT2D eigenvalue weighted by molar-refractivity contribution is 7.57. The number of hydrogen-bond acceptors (Lipinski definition) is 2. The standard InChI is InChI=1S/C15H20NOP/c1-18-9-5-8-13(18)10-15-16-14(11-17-15)12-6-3-2-4-7-12/h2-4,6-7,13-14H,5,8-11H2,1H3/t13-,14-,18?/m1/s1. The van der Waals surface area contributed by atoms with Gasteiger partial charge in [-0.25, -0.2) is 4.99 Å². The molecule has 1 unspecified atom stereocenters. The van der Waals surface area contributed by atoms with Crippen molar-refractivity contribution in [3.63, 3.8) is 0 Å². The summed E-state index contributed by atoms with van der Waals surface area (Å²) in [7, 11) is 0.226. The highest BCUT2D eigenvalue weighted by atomic mass is 31.1. The van der Waals surface area contributed by atoms with Crippen molar-refractivity contribution in [2.45, 2.75) is 31.0 Å². The lowest BCUT2D eigenvalue weighted by atomic mass is 10.1. The molecular formula is C15H20NOP. The maximum Gasteiger partial charge on any atom is 0.184 e. The van der Waals surface area contributed by atoms with Gasteiger partial charge in [0.25, 0.3) is 0 Å². The Hall–Kier alpha value is -0.880. The second-order valence-electron chi connectivity index (χ2n) is 5.24. The van der Waals surface area contributed by atoms with E-state index in [-0.39, 0.29) is 14.0 Å². The van der Waals surface area contributed by atoms with Gasteiger partial charge in [-0.3, -0.25) is 0 Å². The Balaban J connectivity index is 1.65. The highest BCUT2D eigenvalue weighted by Crippen LogP contribution is 2.48. The Bertz CT molecular complexity index is 431. The van der Waals surface area contributed by atoms with Crippen LogP contribution in [0.1, 0.15) is 30.9 Å². The van der Waals surface area contributed by atoms with E-state index in [1.54, 1.807) is 0 Å². The van der Waals surface area contributed by atoms with Crippen molar-refractivity contribution in [3.8, 4) is 0 Å². The summed E-state index contributed by atoms with van der Waals surface area (Å²) in [4.78, 5) is 4.76. The molecular weight excluding hydrogens is 241 g/mol. The van der Waals surface area contributed by atoms with E-state index in [4.69, 9.17) is 9.73 Å². The van der Waals surface area contributed by atoms with Crippen LogP contribution in [-0.4, -0.2) is 31.0 Å². The molecule has 1 saturated heterocycles. The largest absolute Gasteiger partial charge is 0.478 e. The van der Waals surface area contributed by atoms with Crippen molar-refractivity contribution >= 4 is 13.8 Å². The number of rotatable bonds is 3. The zero-order chi connectivity index (χ0) is 12.4. The quantitative estimate of drug-likeness (QED) is 0.758. The van der Waals surface area contributed by atoms with E-state index < -0.39 is 0 Å². The van der Waals surface area contributed by atoms with Crippen molar-refractivity contribution in [3.05, 3.63) is 35.9 Å². The van der Waals surface area contributed by atoms with Crippen molar-refractivity contribution in [2.24, 2.45) is 4.99 Å². The Morgan fingerprint density at radius 1 is 1.33 bits per heavy atom. The first kappa shape index (κ1) is 12.2. The van der Waals surface area contributed by atoms with Gasteiger partial charge in [0.1, 0.15) is 12.6 Å². The summed E-state index contributed by atoms with van der Waals surface area (Å²) in [6, 6.07) is 10.7. The number of nitrogens with zero attached hydrogens (tertiary/aromatic N) is 1. The first-order valence-corrected chi connectivity index (χ1v) is 8.82. The highest BCUT2D eigenvalue weighted by Gasteiger charge is 2.28. The molecule has 0 aliphatic carbocycles. The summed E-state index contributed by atoms with van der Waals surface area (Å²) in [5.74, 6) is 1.00. The maximum absolute atomic E-state index is 5.79. The Morgan fingerprint density at radius 2 is 2.17 bits per heavy atom. The predicted molar refractivity (Wildman–Crippen MR) is 77.9 cm³/mol. The zero-order valence-corrected chi connectivity index (χ0v) is 11.8. The Kier molecular flexibility index (Phi) is 3.65. The first-order chi connectivity index (χ1) is 8.83. The van der Waals surface area contributed by atoms with Gasteiger partial charge in [-0.2, -0.15) is 0 Å². The number of ether oxygens (including phenoxy) is 1. The minimum Gasteiger partial charge on any atom is -0.478 e. The molecule has 3 heteroatoms. The Morgan fingerprint density at radius 3 is 2.89 bits per heavy atom. The molecule has 2 nitrogen and oxygen atoms in total. The molecule has 0 amide bonds. The van der Waals surface area contributed by atoms with Crippen LogP contribution in [0.3, 0.4) is 0 Å². The summed E-state index contributed by atoms with van der Waals surface area (Å²) in [5.41, 5.74) is 2.13. The van der Waals surface area contributed by atoms with Crippen LogP contribution in [0.4, 0.5) is 0 Å². The molecule has 1 aromatic rings. The van der Waals surface area contributed by atoms with Crippen LogP contribution in [-0.2, 0) is 4.74 Å². The third-order valence-corrected chi connectivity index (χ3v) is 6.68. The minimum atomic E-state index is 0.226. The Labute approximate surface area is 110 Å². The fourth-order valence-corrected chi connectivity index (χ4v) is 4.96. The summed E-state index contributed by atoms with van der Waals surface area (Å²) in [6.07, 6.45) is 5.30. The summed E-state index contributed by atoms with van der Waals surface area (Å²) < 4.78 is 5.79. The summed E-state index contributed by atoms with van der Waals surface area (Å²) in [5, 5.41) is 0. The molecule has 1 fully saturated rings. The molecule has 2 aliphatic rings. The van der Waals surface area contributed by atoms with E-state index in [0.717, 1.165) is 24.6 Å². The third-order valence-electron chi connectivity index (χ3n) is 3.97. The molecule has 0 aromatic heterocycles. The van der Waals surface area contributed by atoms with Crippen LogP contribution < -0.4 is 0 Å². The van der Waals surface area contributed by atoms with Crippen LogP contribution >= 0.6 is 7.92 Å². The third kappa shape index (κ3) is 2.59. The molecule has 18 heavy (non-hydrogen) atoms. The second-order valence-corrected chi connectivity index (χ2v) is 7.93. The average molecular weight is 261 g/mol. The van der Waals surface area contributed by atoms with Crippen molar-refractivity contribution < 1.29 is 4.74 Å². The maximum atomic E-state index is 5.79. The van der Waals surface area contributed by atoms with Crippen molar-refractivity contribution in [1.82, 2.24) is 0 Å². The van der Waals surface area contributed by atoms with Gasteiger partial charge in [-0.15, -0.1) is 7.92 Å². The van der Waals surface area contributed by atoms with Gasteiger partial charge in [0, 0.05) is 6.42 Å². The lowest BCUT2D eigenvalue weighted by Gasteiger charge is -2.14. The SMILES string of the molecule is CP1CCC[C@@H]1CC1=N[C@@H](c2ccccc2)CO1. The van der Waals surface area contributed by atoms with Gasteiger partial charge in [-0.1, -0.05) is 30.3 Å². The molecule has 96 valence electrons. The molecule has 1 aromatic carbocycles. The number of hydrogen-bond donors (Lipinski definition) is 0. The van der Waals surface area contributed by atoms with E-state index in [2.05, 4.69) is 30.9 Å². The lowest BCUT2D eigenvalue weighted by Crippen LogP contribution is -2.09. The molecule has 0 N–H and O–H groups in total. The smallest absolute Gasteiger partial charge is 0.184 e. The summed E-state index contributed by atoms with van der Waals surface area (Å²) >= 11 is 0. The molecule has 0 saturated carbocycles. The van der Waals surface area contributed by atoms with Crippen LogP contribution in [0, 0.1) is 0 Å². The molecule has 3 rings (SSSR count). The monoisotopic (exact) mass is 261 g/mol. The molecule has 0 radical (unpaired) electrons. The normalized spacial score (nSPS) is 31.2. The molecule has 0 bridgehead atoms. The van der Waals surface area contributed by atoms with Gasteiger partial charge in [0.2, 0.25) is 0 Å². The molecule has 0 spiro atoms. The predicted octanol–water partition coefficient (Wildman–Crippen LogP) is 3.82. The van der Waals surface area contributed by atoms with Crippen LogP contribution in [0.5, 0.6) is 0 Å². The topological polar surface area (TPSA) is 21.6 Å². The zero-order valence-electron chi connectivity index (χ0n) is 10.9. The van der Waals surface area contributed by atoms with Crippen molar-refractivity contribution in [2.75, 3.05) is 19.4 Å². The fourth-order valence-electron chi connectivity index (χ4n) is 2.82. The molecule has 2 heterocycles. The molecule has 2 aliphatic heterocycles. The van der Waals surface area contributed by atoms with Crippen LogP contribution in [0.2, 0.25) is 0 Å². The van der Waals surface area contributed by atoms with E-state index in [9.17, 15) is 0 Å². The number of aliphatic imine (C=N–C) groups is 1. The van der Waals surface area contributed by atoms with Crippen LogP contribution in [0.25, 0.3) is 0 Å². The van der Waals surface area contributed by atoms with E-state index in [1.165, 1.54) is 24.6 Å². The number of benzene rings is 1. The van der Waals surface area contributed by atoms with Crippen molar-refractivity contribution in [1.29, 1.82) is 0 Å². The van der Waals surface area contributed by atoms with Gasteiger partial charge in [-0.05, 0) is 36.9 Å². The van der Waals surface area contributed by atoms with Gasteiger partial charge in [0.05, 0.1) is 0 Å².